The van der Waals surface area contributed by atoms with Crippen LogP contribution in [0.5, 0.6) is 0 Å². The van der Waals surface area contributed by atoms with Crippen LogP contribution in [0.25, 0.3) is 0 Å². The number of nitrogens with two attached hydrogens (primary N) is 1. The van der Waals surface area contributed by atoms with Gasteiger partial charge in [-0.15, -0.1) is 0 Å². The molecule has 20 heavy (non-hydrogen) atoms. The van der Waals surface area contributed by atoms with Crippen molar-refractivity contribution in [2.45, 2.75) is 17.8 Å². The van der Waals surface area contributed by atoms with E-state index in [0.29, 0.717) is 11.3 Å². The molecule has 104 valence electrons. The first kappa shape index (κ1) is 15.0. The Morgan fingerprint density at radius 2 is 2.25 bits per heavy atom. The van der Waals surface area contributed by atoms with Crippen molar-refractivity contribution in [3.05, 3.63) is 51.8 Å². The number of carbonyl (C=O) groups is 1. The second-order valence-corrected chi connectivity index (χ2v) is 5.85. The lowest BCUT2D eigenvalue weighted by molar-refractivity contribution is 0.0953. The normalized spacial score (nSPS) is 10.3. The predicted octanol–water partition coefficient (Wildman–Crippen LogP) is 2.44. The molecule has 0 aliphatic heterocycles. The minimum atomic E-state index is -0.313. The first-order valence-corrected chi connectivity index (χ1v) is 7.60. The number of carbonyl (C=O) groups excluding carboxylic acids is 1. The fraction of sp³-hybridized carbons (Fsp3) is 0.154. The third kappa shape index (κ3) is 3.78. The number of nitrogens with one attached hydrogen (secondary N) is 1. The highest BCUT2D eigenvalue weighted by atomic mass is 79.9. The molecule has 0 atom stereocenters. The minimum Gasteiger partial charge on any atom is -0.290 e. The van der Waals surface area contributed by atoms with Crippen molar-refractivity contribution in [2.24, 2.45) is 5.84 Å². The van der Waals surface area contributed by atoms with Crippen LogP contribution >= 0.6 is 27.7 Å². The lowest BCUT2D eigenvalue weighted by atomic mass is 10.1. The number of amides is 1. The van der Waals surface area contributed by atoms with Crippen LogP contribution in [0.1, 0.15) is 21.6 Å². The highest BCUT2D eigenvalue weighted by molar-refractivity contribution is 9.10. The van der Waals surface area contributed by atoms with Gasteiger partial charge in [0.05, 0.1) is 0 Å². The van der Waals surface area contributed by atoms with Gasteiger partial charge in [0.25, 0.3) is 5.91 Å². The summed E-state index contributed by atoms with van der Waals surface area (Å²) in [6, 6.07) is 7.23. The van der Waals surface area contributed by atoms with Crippen LogP contribution < -0.4 is 11.3 Å². The first-order valence-electron chi connectivity index (χ1n) is 5.82. The molecule has 2 aromatic rings. The number of aromatic nitrogens is 2. The number of benzene rings is 1. The Balaban J connectivity index is 2.08. The molecular weight excluding hydrogens is 340 g/mol. The summed E-state index contributed by atoms with van der Waals surface area (Å²) in [5, 5.41) is 0.737. The summed E-state index contributed by atoms with van der Waals surface area (Å²) in [7, 11) is 0. The van der Waals surface area contributed by atoms with Crippen molar-refractivity contribution in [3.8, 4) is 0 Å². The molecule has 0 aliphatic rings. The standard InChI is InChI=1S/C13H13BrN4OS/c1-8-4-5-16-13(17-8)20-7-10-3-2-9(6-11(10)14)12(19)18-15/h2-6H,7,15H2,1H3,(H,18,19). The number of hydrogen-bond donors (Lipinski definition) is 2. The maximum atomic E-state index is 11.4. The first-order chi connectivity index (χ1) is 9.60. The molecule has 0 radical (unpaired) electrons. The van der Waals surface area contributed by atoms with E-state index in [-0.39, 0.29) is 5.91 Å². The quantitative estimate of drug-likeness (QED) is 0.290. The molecule has 0 saturated carbocycles. The maximum Gasteiger partial charge on any atom is 0.265 e. The number of nitrogens with zero attached hydrogens (tertiary/aromatic N) is 2. The molecule has 3 N–H and O–H groups in total. The highest BCUT2D eigenvalue weighted by Gasteiger charge is 2.08. The van der Waals surface area contributed by atoms with E-state index in [0.717, 1.165) is 20.9 Å². The van der Waals surface area contributed by atoms with Gasteiger partial charge in [-0.3, -0.25) is 10.2 Å². The van der Waals surface area contributed by atoms with Gasteiger partial charge in [-0.1, -0.05) is 33.8 Å². The SMILES string of the molecule is Cc1ccnc(SCc2ccc(C(=O)NN)cc2Br)n1. The monoisotopic (exact) mass is 352 g/mol. The summed E-state index contributed by atoms with van der Waals surface area (Å²) in [5.74, 6) is 5.51. The number of halogens is 1. The molecule has 7 heteroatoms. The van der Waals surface area contributed by atoms with Crippen molar-refractivity contribution in [3.63, 3.8) is 0 Å². The Bertz CT molecular complexity index is 636. The molecule has 0 fully saturated rings. The average Bonchev–Trinajstić information content (AvgIpc) is 2.45. The number of nitrogen functional groups attached to an aromatic ring is 1. The molecule has 0 unspecified atom stereocenters. The lowest BCUT2D eigenvalue weighted by Gasteiger charge is -2.06. The van der Waals surface area contributed by atoms with E-state index < -0.39 is 0 Å². The van der Waals surface area contributed by atoms with Crippen LogP contribution in [-0.2, 0) is 5.75 Å². The Morgan fingerprint density at radius 3 is 2.90 bits per heavy atom. The summed E-state index contributed by atoms with van der Waals surface area (Å²) in [6.07, 6.45) is 1.74. The van der Waals surface area contributed by atoms with Crippen LogP contribution in [0.2, 0.25) is 0 Å². The van der Waals surface area contributed by atoms with Gasteiger partial charge in [0.2, 0.25) is 0 Å². The van der Waals surface area contributed by atoms with Gasteiger partial charge in [0, 0.05) is 27.7 Å². The molecular formula is C13H13BrN4OS. The molecule has 5 nitrogen and oxygen atoms in total. The van der Waals surface area contributed by atoms with Gasteiger partial charge in [-0.05, 0) is 30.7 Å². The highest BCUT2D eigenvalue weighted by Crippen LogP contribution is 2.25. The van der Waals surface area contributed by atoms with Crippen molar-refractivity contribution in [2.75, 3.05) is 0 Å². The lowest BCUT2D eigenvalue weighted by Crippen LogP contribution is -2.29. The van der Waals surface area contributed by atoms with E-state index in [1.165, 1.54) is 0 Å². The topological polar surface area (TPSA) is 80.9 Å². The average molecular weight is 353 g/mol. The zero-order chi connectivity index (χ0) is 14.5. The summed E-state index contributed by atoms with van der Waals surface area (Å²) < 4.78 is 0.860. The van der Waals surface area contributed by atoms with Crippen molar-refractivity contribution < 1.29 is 4.79 Å². The van der Waals surface area contributed by atoms with Gasteiger partial charge in [0.1, 0.15) is 0 Å². The maximum absolute atomic E-state index is 11.4. The van der Waals surface area contributed by atoms with Gasteiger partial charge in [-0.2, -0.15) is 0 Å². The number of hydrogen-bond acceptors (Lipinski definition) is 5. The molecule has 2 rings (SSSR count). The number of aryl methyl sites for hydroxylation is 1. The van der Waals surface area contributed by atoms with Gasteiger partial charge >= 0.3 is 0 Å². The van der Waals surface area contributed by atoms with Crippen LogP contribution in [-0.4, -0.2) is 15.9 Å². The van der Waals surface area contributed by atoms with Crippen LogP contribution in [0.4, 0.5) is 0 Å². The smallest absolute Gasteiger partial charge is 0.265 e. The van der Waals surface area contributed by atoms with E-state index in [1.54, 1.807) is 30.1 Å². The van der Waals surface area contributed by atoms with E-state index in [9.17, 15) is 4.79 Å². The molecule has 1 aromatic heterocycles. The van der Waals surface area contributed by atoms with Gasteiger partial charge in [0.15, 0.2) is 5.16 Å². The predicted molar refractivity (Wildman–Crippen MR) is 82.1 cm³/mol. The van der Waals surface area contributed by atoms with Crippen LogP contribution in [0.15, 0.2) is 40.1 Å². The minimum absolute atomic E-state index is 0.313. The second kappa shape index (κ2) is 6.83. The fourth-order valence-electron chi connectivity index (χ4n) is 1.53. The largest absolute Gasteiger partial charge is 0.290 e. The molecule has 0 spiro atoms. The van der Waals surface area contributed by atoms with Crippen LogP contribution in [0, 0.1) is 6.92 Å². The Hall–Kier alpha value is -1.44. The number of rotatable bonds is 4. The number of hydrazine groups is 1. The summed E-state index contributed by atoms with van der Waals surface area (Å²) >= 11 is 5.00. The van der Waals surface area contributed by atoms with Gasteiger partial charge < -0.3 is 0 Å². The van der Waals surface area contributed by atoms with Crippen molar-refractivity contribution >= 4 is 33.6 Å². The molecule has 1 heterocycles. The van der Waals surface area contributed by atoms with E-state index in [4.69, 9.17) is 5.84 Å². The summed E-state index contributed by atoms with van der Waals surface area (Å²) in [6.45, 7) is 1.93. The van der Waals surface area contributed by atoms with Gasteiger partial charge in [-0.25, -0.2) is 15.8 Å². The second-order valence-electron chi connectivity index (χ2n) is 4.05. The molecule has 0 bridgehead atoms. The molecule has 0 aliphatic carbocycles. The summed E-state index contributed by atoms with van der Waals surface area (Å²) in [5.41, 5.74) is 4.63. The number of thioether (sulfide) groups is 1. The zero-order valence-electron chi connectivity index (χ0n) is 10.8. The Morgan fingerprint density at radius 1 is 1.45 bits per heavy atom. The third-order valence-electron chi connectivity index (χ3n) is 2.58. The van der Waals surface area contributed by atoms with Crippen LogP contribution in [0.3, 0.4) is 0 Å². The van der Waals surface area contributed by atoms with E-state index in [1.807, 2.05) is 19.1 Å². The van der Waals surface area contributed by atoms with E-state index in [2.05, 4.69) is 31.3 Å². The Kier molecular flexibility index (Phi) is 5.11. The molecule has 1 aromatic carbocycles. The van der Waals surface area contributed by atoms with Crippen molar-refractivity contribution in [1.29, 1.82) is 0 Å². The van der Waals surface area contributed by atoms with Crippen molar-refractivity contribution in [1.82, 2.24) is 15.4 Å². The summed E-state index contributed by atoms with van der Waals surface area (Å²) in [4.78, 5) is 19.9. The fourth-order valence-corrected chi connectivity index (χ4v) is 3.11. The Labute approximate surface area is 129 Å². The van der Waals surface area contributed by atoms with E-state index >= 15 is 0 Å². The molecule has 1 amide bonds. The molecule has 0 saturated heterocycles. The zero-order valence-corrected chi connectivity index (χ0v) is 13.2. The third-order valence-corrected chi connectivity index (χ3v) is 4.22.